The molecule has 0 bridgehead atoms. The van der Waals surface area contributed by atoms with Crippen molar-refractivity contribution in [2.45, 2.75) is 4.90 Å². The van der Waals surface area contributed by atoms with Crippen LogP contribution in [0.5, 0.6) is 0 Å². The van der Waals surface area contributed by atoms with E-state index in [9.17, 15) is 0 Å². The van der Waals surface area contributed by atoms with Crippen LogP contribution in [-0.4, -0.2) is 5.88 Å². The summed E-state index contributed by atoms with van der Waals surface area (Å²) in [4.78, 5) is 2.18. The Morgan fingerprint density at radius 2 is 2.00 bits per heavy atom. The summed E-state index contributed by atoms with van der Waals surface area (Å²) in [6, 6.07) is 10.1. The molecule has 0 N–H and O–H groups in total. The van der Waals surface area contributed by atoms with E-state index in [2.05, 4.69) is 6.58 Å². The highest BCUT2D eigenvalue weighted by atomic mass is 35.5. The van der Waals surface area contributed by atoms with Gasteiger partial charge < -0.3 is 0 Å². The first-order valence-corrected chi connectivity index (χ1v) is 4.64. The van der Waals surface area contributed by atoms with E-state index in [-0.39, 0.29) is 0 Å². The van der Waals surface area contributed by atoms with Gasteiger partial charge in [0.1, 0.15) is 0 Å². The molecule has 0 heterocycles. The smallest absolute Gasteiger partial charge is 0.0531 e. The van der Waals surface area contributed by atoms with E-state index in [1.165, 1.54) is 4.90 Å². The second-order valence-corrected chi connectivity index (χ2v) is 3.61. The van der Waals surface area contributed by atoms with Gasteiger partial charge in [0.25, 0.3) is 0 Å². The Bertz CT molecular complexity index is 231. The van der Waals surface area contributed by atoms with Crippen LogP contribution in [0.4, 0.5) is 0 Å². The van der Waals surface area contributed by atoms with Crippen LogP contribution in [0.25, 0.3) is 0 Å². The number of benzene rings is 1. The van der Waals surface area contributed by atoms with Crippen molar-refractivity contribution >= 4 is 23.4 Å². The van der Waals surface area contributed by atoms with Crippen LogP contribution in [0.1, 0.15) is 0 Å². The third kappa shape index (κ3) is 3.00. The quantitative estimate of drug-likeness (QED) is 0.512. The van der Waals surface area contributed by atoms with Gasteiger partial charge in [-0.15, -0.1) is 11.6 Å². The molecule has 58 valence electrons. The Morgan fingerprint density at radius 3 is 2.55 bits per heavy atom. The summed E-state index contributed by atoms with van der Waals surface area (Å²) in [6.07, 6.45) is 0. The van der Waals surface area contributed by atoms with E-state index in [4.69, 9.17) is 11.6 Å². The molecule has 1 rings (SSSR count). The Hall–Kier alpha value is -0.400. The van der Waals surface area contributed by atoms with E-state index in [1.807, 2.05) is 30.3 Å². The predicted molar refractivity (Wildman–Crippen MR) is 52.2 cm³/mol. The van der Waals surface area contributed by atoms with E-state index in [1.54, 1.807) is 11.8 Å². The fourth-order valence-corrected chi connectivity index (χ4v) is 1.53. The third-order valence-electron chi connectivity index (χ3n) is 1.15. The minimum absolute atomic E-state index is 0.513. The molecule has 0 amide bonds. The van der Waals surface area contributed by atoms with Crippen LogP contribution in [0.15, 0.2) is 46.7 Å². The number of alkyl halides is 1. The average molecular weight is 185 g/mol. The number of halogens is 1. The maximum absolute atomic E-state index is 5.58. The van der Waals surface area contributed by atoms with Gasteiger partial charge >= 0.3 is 0 Å². The first kappa shape index (κ1) is 8.69. The number of hydrogen-bond donors (Lipinski definition) is 0. The van der Waals surface area contributed by atoms with E-state index < -0.39 is 0 Å². The van der Waals surface area contributed by atoms with Gasteiger partial charge in [0.05, 0.1) is 5.88 Å². The van der Waals surface area contributed by atoms with Gasteiger partial charge in [0.15, 0.2) is 0 Å². The summed E-state index contributed by atoms with van der Waals surface area (Å²) in [6.45, 7) is 3.80. The molecule has 0 aliphatic heterocycles. The zero-order chi connectivity index (χ0) is 8.10. The maximum atomic E-state index is 5.58. The Kier molecular flexibility index (Phi) is 3.53. The second kappa shape index (κ2) is 4.47. The molecule has 11 heavy (non-hydrogen) atoms. The van der Waals surface area contributed by atoms with Crippen molar-refractivity contribution in [1.82, 2.24) is 0 Å². The monoisotopic (exact) mass is 184 g/mol. The highest BCUT2D eigenvalue weighted by Crippen LogP contribution is 2.24. The summed E-state index contributed by atoms with van der Waals surface area (Å²) in [5.41, 5.74) is 0. The number of thioether (sulfide) groups is 1. The van der Waals surface area contributed by atoms with Crippen molar-refractivity contribution < 1.29 is 0 Å². The first-order valence-electron chi connectivity index (χ1n) is 3.29. The molecule has 1 aromatic rings. The molecule has 0 radical (unpaired) electrons. The normalized spacial score (nSPS) is 9.55. The van der Waals surface area contributed by atoms with Crippen molar-refractivity contribution in [3.63, 3.8) is 0 Å². The van der Waals surface area contributed by atoms with Gasteiger partial charge in [0.2, 0.25) is 0 Å². The minimum Gasteiger partial charge on any atom is -0.121 e. The van der Waals surface area contributed by atoms with Gasteiger partial charge in [-0.1, -0.05) is 36.5 Å². The molecule has 0 saturated carbocycles. The number of allylic oxidation sites excluding steroid dienone is 1. The lowest BCUT2D eigenvalue weighted by Crippen LogP contribution is -1.74. The highest BCUT2D eigenvalue weighted by Gasteiger charge is 1.94. The molecular formula is C9H9ClS. The lowest BCUT2D eigenvalue weighted by atomic mass is 10.4. The Balaban J connectivity index is 2.58. The molecular weight excluding hydrogens is 176 g/mol. The molecule has 0 unspecified atom stereocenters. The topological polar surface area (TPSA) is 0 Å². The van der Waals surface area contributed by atoms with Crippen LogP contribution in [0.3, 0.4) is 0 Å². The second-order valence-electron chi connectivity index (χ2n) is 2.09. The molecule has 0 fully saturated rings. The Labute approximate surface area is 76.3 Å². The van der Waals surface area contributed by atoms with Crippen molar-refractivity contribution in [2.24, 2.45) is 0 Å². The maximum Gasteiger partial charge on any atom is 0.0531 e. The molecule has 0 aliphatic rings. The summed E-state index contributed by atoms with van der Waals surface area (Å²) in [5, 5.41) is 0. The highest BCUT2D eigenvalue weighted by molar-refractivity contribution is 8.03. The first-order chi connectivity index (χ1) is 5.33. The number of rotatable bonds is 3. The summed E-state index contributed by atoms with van der Waals surface area (Å²) >= 11 is 7.20. The zero-order valence-electron chi connectivity index (χ0n) is 6.09. The van der Waals surface area contributed by atoms with Crippen LogP contribution < -0.4 is 0 Å². The van der Waals surface area contributed by atoms with Crippen LogP contribution in [-0.2, 0) is 0 Å². The summed E-state index contributed by atoms with van der Waals surface area (Å²) < 4.78 is 0. The van der Waals surface area contributed by atoms with E-state index in [0.717, 1.165) is 4.91 Å². The Morgan fingerprint density at radius 1 is 1.36 bits per heavy atom. The van der Waals surface area contributed by atoms with Crippen LogP contribution >= 0.6 is 23.4 Å². The van der Waals surface area contributed by atoms with Crippen molar-refractivity contribution in [3.8, 4) is 0 Å². The van der Waals surface area contributed by atoms with Crippen molar-refractivity contribution in [2.75, 3.05) is 5.88 Å². The van der Waals surface area contributed by atoms with Gasteiger partial charge in [-0.3, -0.25) is 0 Å². The minimum atomic E-state index is 0.513. The van der Waals surface area contributed by atoms with E-state index in [0.29, 0.717) is 5.88 Å². The van der Waals surface area contributed by atoms with Gasteiger partial charge in [-0.2, -0.15) is 0 Å². The summed E-state index contributed by atoms with van der Waals surface area (Å²) in [5.74, 6) is 0.513. The molecule has 0 aromatic heterocycles. The third-order valence-corrected chi connectivity index (χ3v) is 2.58. The fraction of sp³-hybridized carbons (Fsp3) is 0.111. The lowest BCUT2D eigenvalue weighted by molar-refractivity contribution is 1.46. The predicted octanol–water partition coefficient (Wildman–Crippen LogP) is 3.53. The molecule has 0 aliphatic carbocycles. The van der Waals surface area contributed by atoms with Crippen LogP contribution in [0.2, 0.25) is 0 Å². The largest absolute Gasteiger partial charge is 0.121 e. The molecule has 0 saturated heterocycles. The average Bonchev–Trinajstić information content (AvgIpc) is 2.06. The molecule has 2 heteroatoms. The van der Waals surface area contributed by atoms with Crippen molar-refractivity contribution in [1.29, 1.82) is 0 Å². The molecule has 1 aromatic carbocycles. The van der Waals surface area contributed by atoms with Gasteiger partial charge in [-0.25, -0.2) is 0 Å². The SMILES string of the molecule is C=C(CCl)Sc1ccccc1. The fourth-order valence-electron chi connectivity index (χ4n) is 0.682. The van der Waals surface area contributed by atoms with Crippen LogP contribution in [0, 0.1) is 0 Å². The molecule has 0 spiro atoms. The number of hydrogen-bond acceptors (Lipinski definition) is 1. The molecule has 0 atom stereocenters. The standard InChI is InChI=1S/C9H9ClS/c1-8(7-10)11-9-5-3-2-4-6-9/h2-6H,1,7H2. The van der Waals surface area contributed by atoms with Crippen molar-refractivity contribution in [3.05, 3.63) is 41.8 Å². The zero-order valence-corrected chi connectivity index (χ0v) is 7.66. The summed E-state index contributed by atoms with van der Waals surface area (Å²) in [7, 11) is 0. The lowest BCUT2D eigenvalue weighted by Gasteiger charge is -1.99. The van der Waals surface area contributed by atoms with Gasteiger partial charge in [-0.05, 0) is 17.0 Å². The molecule has 0 nitrogen and oxygen atoms in total. The van der Waals surface area contributed by atoms with E-state index >= 15 is 0 Å². The van der Waals surface area contributed by atoms with Gasteiger partial charge in [0, 0.05) is 4.90 Å².